The summed E-state index contributed by atoms with van der Waals surface area (Å²) >= 11 is 0. The Balaban J connectivity index is 2.25. The molecule has 2 heterocycles. The number of hydrogen-bond donors (Lipinski definition) is 1. The average molecular weight is 145 g/mol. The molecule has 2 aliphatic rings. The molecule has 1 aromatic heterocycles. The standard InChI is InChI=1S/C10H11N/c1-2-4-8-7(3-1)9-5-6-10(8)11-9/h1-2,11H,3-6H2. The number of rotatable bonds is 0. The summed E-state index contributed by atoms with van der Waals surface area (Å²) in [5.41, 5.74) is 6.24. The maximum atomic E-state index is 3.49. The first kappa shape index (κ1) is 5.64. The summed E-state index contributed by atoms with van der Waals surface area (Å²) in [5.74, 6) is 0. The van der Waals surface area contributed by atoms with Gasteiger partial charge in [-0.25, -0.2) is 0 Å². The largest absolute Gasteiger partial charge is 0.362 e. The Morgan fingerprint density at radius 2 is 1.45 bits per heavy atom. The van der Waals surface area contributed by atoms with Gasteiger partial charge in [0.15, 0.2) is 0 Å². The Hall–Kier alpha value is -0.980. The highest BCUT2D eigenvalue weighted by Gasteiger charge is 2.22. The zero-order chi connectivity index (χ0) is 7.26. The minimum absolute atomic E-state index is 1.17. The minimum Gasteiger partial charge on any atom is -0.362 e. The Morgan fingerprint density at radius 1 is 0.909 bits per heavy atom. The maximum Gasteiger partial charge on any atom is 0.0191 e. The van der Waals surface area contributed by atoms with E-state index in [9.17, 15) is 0 Å². The quantitative estimate of drug-likeness (QED) is 0.535. The second-order valence-corrected chi connectivity index (χ2v) is 3.42. The molecular formula is C10H11N. The average Bonchev–Trinajstić information content (AvgIpc) is 2.64. The summed E-state index contributed by atoms with van der Waals surface area (Å²) < 4.78 is 0. The summed E-state index contributed by atoms with van der Waals surface area (Å²) in [4.78, 5) is 3.49. The van der Waals surface area contributed by atoms with Gasteiger partial charge in [-0.05, 0) is 36.8 Å². The van der Waals surface area contributed by atoms with Crippen molar-refractivity contribution in [1.29, 1.82) is 0 Å². The fourth-order valence-electron chi connectivity index (χ4n) is 2.27. The van der Waals surface area contributed by atoms with E-state index in [2.05, 4.69) is 17.1 Å². The highest BCUT2D eigenvalue weighted by Crippen LogP contribution is 2.30. The van der Waals surface area contributed by atoms with Crippen LogP contribution in [-0.4, -0.2) is 4.98 Å². The Morgan fingerprint density at radius 3 is 2.00 bits per heavy atom. The molecule has 1 aliphatic carbocycles. The summed E-state index contributed by atoms with van der Waals surface area (Å²) in [6.45, 7) is 0. The first-order valence-electron chi connectivity index (χ1n) is 4.31. The number of aryl methyl sites for hydroxylation is 2. The number of aromatic nitrogens is 1. The maximum absolute atomic E-state index is 3.49. The van der Waals surface area contributed by atoms with Crippen molar-refractivity contribution in [3.8, 4) is 0 Å². The SMILES string of the molecule is C1=CCc2c3[nH]c(c2C1)CC3. The number of nitrogens with one attached hydrogen (secondary N) is 1. The predicted octanol–water partition coefficient (Wildman–Crippen LogP) is 1.77. The molecule has 56 valence electrons. The number of fused-ring (bicyclic) bond motifs is 5. The van der Waals surface area contributed by atoms with Gasteiger partial charge in [0.2, 0.25) is 0 Å². The number of allylic oxidation sites excluding steroid dienone is 2. The van der Waals surface area contributed by atoms with Gasteiger partial charge in [0.25, 0.3) is 0 Å². The lowest BCUT2D eigenvalue weighted by Crippen LogP contribution is -2.03. The van der Waals surface area contributed by atoms with Gasteiger partial charge in [0.1, 0.15) is 0 Å². The summed E-state index contributed by atoms with van der Waals surface area (Å²) in [6.07, 6.45) is 9.44. The molecule has 0 aromatic carbocycles. The summed E-state index contributed by atoms with van der Waals surface area (Å²) in [6, 6.07) is 0. The molecule has 0 spiro atoms. The molecule has 0 radical (unpaired) electrons. The van der Waals surface area contributed by atoms with Crippen molar-refractivity contribution in [1.82, 2.24) is 4.98 Å². The molecular weight excluding hydrogens is 134 g/mol. The first-order valence-corrected chi connectivity index (χ1v) is 4.31. The van der Waals surface area contributed by atoms with Crippen molar-refractivity contribution >= 4 is 0 Å². The predicted molar refractivity (Wildman–Crippen MR) is 44.7 cm³/mol. The van der Waals surface area contributed by atoms with Crippen molar-refractivity contribution in [2.75, 3.05) is 0 Å². The third-order valence-corrected chi connectivity index (χ3v) is 2.83. The summed E-state index contributed by atoms with van der Waals surface area (Å²) in [5, 5.41) is 0. The molecule has 3 rings (SSSR count). The summed E-state index contributed by atoms with van der Waals surface area (Å²) in [7, 11) is 0. The third kappa shape index (κ3) is 0.609. The second kappa shape index (κ2) is 1.79. The van der Waals surface area contributed by atoms with E-state index in [1.54, 1.807) is 11.1 Å². The Bertz CT molecular complexity index is 300. The molecule has 0 amide bonds. The van der Waals surface area contributed by atoms with E-state index in [4.69, 9.17) is 0 Å². The van der Waals surface area contributed by atoms with Crippen LogP contribution >= 0.6 is 0 Å². The van der Waals surface area contributed by atoms with Crippen LogP contribution in [0.1, 0.15) is 22.5 Å². The molecule has 1 N–H and O–H groups in total. The van der Waals surface area contributed by atoms with Crippen LogP contribution in [0.5, 0.6) is 0 Å². The fourth-order valence-corrected chi connectivity index (χ4v) is 2.27. The monoisotopic (exact) mass is 145 g/mol. The van der Waals surface area contributed by atoms with Crippen LogP contribution in [0.25, 0.3) is 0 Å². The molecule has 2 bridgehead atoms. The van der Waals surface area contributed by atoms with Crippen LogP contribution < -0.4 is 0 Å². The van der Waals surface area contributed by atoms with Gasteiger partial charge in [-0.15, -0.1) is 0 Å². The fraction of sp³-hybridized carbons (Fsp3) is 0.400. The third-order valence-electron chi connectivity index (χ3n) is 2.83. The smallest absolute Gasteiger partial charge is 0.0191 e. The van der Waals surface area contributed by atoms with E-state index < -0.39 is 0 Å². The normalized spacial score (nSPS) is 18.9. The molecule has 0 saturated heterocycles. The van der Waals surface area contributed by atoms with Crippen LogP contribution in [0, 0.1) is 0 Å². The molecule has 0 atom stereocenters. The molecule has 0 unspecified atom stereocenters. The van der Waals surface area contributed by atoms with E-state index in [0.29, 0.717) is 0 Å². The highest BCUT2D eigenvalue weighted by atomic mass is 14.8. The van der Waals surface area contributed by atoms with Gasteiger partial charge >= 0.3 is 0 Å². The van der Waals surface area contributed by atoms with Crippen LogP contribution in [0.3, 0.4) is 0 Å². The minimum atomic E-state index is 1.17. The van der Waals surface area contributed by atoms with E-state index in [1.165, 1.54) is 37.1 Å². The highest BCUT2D eigenvalue weighted by molar-refractivity contribution is 5.45. The van der Waals surface area contributed by atoms with E-state index in [1.807, 2.05) is 0 Å². The lowest BCUT2D eigenvalue weighted by molar-refractivity contribution is 0.922. The topological polar surface area (TPSA) is 15.8 Å². The van der Waals surface area contributed by atoms with Crippen molar-refractivity contribution in [3.05, 3.63) is 34.7 Å². The number of hydrogen-bond acceptors (Lipinski definition) is 0. The molecule has 1 aromatic rings. The van der Waals surface area contributed by atoms with Crippen molar-refractivity contribution < 1.29 is 0 Å². The van der Waals surface area contributed by atoms with E-state index >= 15 is 0 Å². The van der Waals surface area contributed by atoms with Gasteiger partial charge < -0.3 is 4.98 Å². The van der Waals surface area contributed by atoms with E-state index in [-0.39, 0.29) is 0 Å². The Labute approximate surface area is 66.1 Å². The number of H-pyrrole nitrogens is 1. The van der Waals surface area contributed by atoms with Gasteiger partial charge in [0.05, 0.1) is 0 Å². The van der Waals surface area contributed by atoms with Crippen molar-refractivity contribution in [2.24, 2.45) is 0 Å². The molecule has 1 aliphatic heterocycles. The molecule has 1 heteroatoms. The zero-order valence-corrected chi connectivity index (χ0v) is 6.48. The van der Waals surface area contributed by atoms with Gasteiger partial charge in [0, 0.05) is 11.4 Å². The van der Waals surface area contributed by atoms with Gasteiger partial charge in [-0.3, -0.25) is 0 Å². The zero-order valence-electron chi connectivity index (χ0n) is 6.48. The number of aromatic amines is 1. The van der Waals surface area contributed by atoms with Gasteiger partial charge in [-0.2, -0.15) is 0 Å². The van der Waals surface area contributed by atoms with Crippen LogP contribution in [0.2, 0.25) is 0 Å². The molecule has 0 saturated carbocycles. The van der Waals surface area contributed by atoms with E-state index in [0.717, 1.165) is 0 Å². The lowest BCUT2D eigenvalue weighted by atomic mass is 9.91. The van der Waals surface area contributed by atoms with Crippen LogP contribution in [0.4, 0.5) is 0 Å². The van der Waals surface area contributed by atoms with Crippen LogP contribution in [0.15, 0.2) is 12.2 Å². The molecule has 11 heavy (non-hydrogen) atoms. The van der Waals surface area contributed by atoms with Crippen molar-refractivity contribution in [2.45, 2.75) is 25.7 Å². The van der Waals surface area contributed by atoms with Crippen LogP contribution in [-0.2, 0) is 25.7 Å². The first-order chi connectivity index (χ1) is 5.45. The van der Waals surface area contributed by atoms with Gasteiger partial charge in [-0.1, -0.05) is 12.2 Å². The second-order valence-electron chi connectivity index (χ2n) is 3.42. The van der Waals surface area contributed by atoms with Crippen molar-refractivity contribution in [3.63, 3.8) is 0 Å². The lowest BCUT2D eigenvalue weighted by Gasteiger charge is -2.11. The Kier molecular flexibility index (Phi) is 0.916. The molecule has 0 fully saturated rings. The molecule has 1 nitrogen and oxygen atoms in total.